The van der Waals surface area contributed by atoms with Crippen molar-refractivity contribution >= 4 is 23.2 Å². The standard InChI is InChI=1S/C36H44N2O5/c1-24(40)43-23-33(41)36(16-6-20-39)17-15-32-30-13-9-26-21-27(37-42)10-14-29(26)34(30)31(22-35(32,36)2)25-7-11-28(12-8-25)38-18-4-3-5-19-38/h7-8,11-12,21,30-32,39,42H,3-5,9-10,13-15,17-20,22-23H2,1-2H3/t30-,31+,32-,35-,36+/m0/s1. The normalized spacial score (nSPS) is 32.6. The molecule has 1 aliphatic heterocycles. The van der Waals surface area contributed by atoms with Gasteiger partial charge in [0.2, 0.25) is 0 Å². The Morgan fingerprint density at radius 2 is 1.86 bits per heavy atom. The first-order valence-corrected chi connectivity index (χ1v) is 16.1. The molecule has 2 N–H and O–H groups in total. The lowest BCUT2D eigenvalue weighted by molar-refractivity contribution is -0.150. The molecule has 1 saturated heterocycles. The first-order valence-electron chi connectivity index (χ1n) is 16.1. The Balaban J connectivity index is 1.46. The Morgan fingerprint density at radius 1 is 1.09 bits per heavy atom. The number of aliphatic hydroxyl groups is 1. The fraction of sp³-hybridized carbons (Fsp3) is 0.583. The van der Waals surface area contributed by atoms with Gasteiger partial charge in [0, 0.05) is 31.6 Å². The predicted octanol–water partition coefficient (Wildman–Crippen LogP) is 5.95. The number of hydrogen-bond donors (Lipinski definition) is 2. The number of ether oxygens (including phenoxy) is 1. The summed E-state index contributed by atoms with van der Waals surface area (Å²) in [5.41, 5.74) is 6.04. The highest BCUT2D eigenvalue weighted by molar-refractivity contribution is 5.97. The van der Waals surface area contributed by atoms with Crippen LogP contribution in [-0.2, 0) is 14.3 Å². The maximum atomic E-state index is 14.0. The molecule has 0 bridgehead atoms. The maximum Gasteiger partial charge on any atom is 0.303 e. The number of nitrogens with zero attached hydrogens (tertiary/aromatic N) is 2. The topological polar surface area (TPSA) is 99.4 Å². The molecule has 1 aromatic carbocycles. The van der Waals surface area contributed by atoms with Crippen molar-refractivity contribution < 1.29 is 24.6 Å². The van der Waals surface area contributed by atoms with Crippen LogP contribution in [0.4, 0.5) is 5.69 Å². The number of anilines is 1. The van der Waals surface area contributed by atoms with Crippen LogP contribution in [0.1, 0.15) is 89.5 Å². The molecule has 6 rings (SSSR count). The van der Waals surface area contributed by atoms with Gasteiger partial charge in [-0.2, -0.15) is 0 Å². The molecular formula is C36H44N2O5. The minimum atomic E-state index is -0.989. The Bertz CT molecular complexity index is 1420. The van der Waals surface area contributed by atoms with E-state index in [9.17, 15) is 19.9 Å². The number of benzene rings is 1. The highest BCUT2D eigenvalue weighted by atomic mass is 16.5. The average molecular weight is 585 g/mol. The number of carbonyl (C=O) groups is 2. The van der Waals surface area contributed by atoms with E-state index in [2.05, 4.69) is 59.2 Å². The number of hydrogen-bond acceptors (Lipinski definition) is 7. The predicted molar refractivity (Wildman–Crippen MR) is 166 cm³/mol. The average Bonchev–Trinajstić information content (AvgIpc) is 3.34. The van der Waals surface area contributed by atoms with Gasteiger partial charge in [0.1, 0.15) is 6.61 Å². The molecule has 0 radical (unpaired) electrons. The number of rotatable bonds is 5. The molecule has 43 heavy (non-hydrogen) atoms. The second-order valence-electron chi connectivity index (χ2n) is 13.4. The summed E-state index contributed by atoms with van der Waals surface area (Å²) in [6.07, 6.45) is 11.6. The molecule has 3 fully saturated rings. The smallest absolute Gasteiger partial charge is 0.303 e. The van der Waals surface area contributed by atoms with Gasteiger partial charge in [0.05, 0.1) is 11.1 Å². The number of Topliss-reactive ketones (excluding diaryl/α,β-unsaturated/α-hetero) is 1. The van der Waals surface area contributed by atoms with E-state index in [0.717, 1.165) is 57.3 Å². The molecule has 0 spiro atoms. The van der Waals surface area contributed by atoms with E-state index >= 15 is 0 Å². The first-order chi connectivity index (χ1) is 20.8. The van der Waals surface area contributed by atoms with E-state index in [4.69, 9.17) is 4.74 Å². The summed E-state index contributed by atoms with van der Waals surface area (Å²) in [5, 5.41) is 22.8. The van der Waals surface area contributed by atoms with Gasteiger partial charge in [0.15, 0.2) is 12.4 Å². The van der Waals surface area contributed by atoms with Crippen molar-refractivity contribution in [3.63, 3.8) is 0 Å². The van der Waals surface area contributed by atoms with Gasteiger partial charge in [-0.1, -0.05) is 41.6 Å². The Labute approximate surface area is 255 Å². The number of ketones is 1. The van der Waals surface area contributed by atoms with Gasteiger partial charge in [-0.15, -0.1) is 0 Å². The largest absolute Gasteiger partial charge is 0.458 e. The summed E-state index contributed by atoms with van der Waals surface area (Å²) in [5.74, 6) is 6.19. The van der Waals surface area contributed by atoms with Crippen LogP contribution in [0.3, 0.4) is 0 Å². The van der Waals surface area contributed by atoms with Gasteiger partial charge in [-0.25, -0.2) is 0 Å². The Hall–Kier alpha value is -3.37. The van der Waals surface area contributed by atoms with Crippen molar-refractivity contribution in [1.29, 1.82) is 0 Å². The first kappa shape index (κ1) is 29.7. The van der Waals surface area contributed by atoms with Crippen LogP contribution in [0.5, 0.6) is 0 Å². The van der Waals surface area contributed by atoms with E-state index in [1.807, 2.05) is 0 Å². The summed E-state index contributed by atoms with van der Waals surface area (Å²) < 4.78 is 5.25. The molecule has 0 unspecified atom stereocenters. The zero-order chi connectivity index (χ0) is 30.2. The maximum absolute atomic E-state index is 14.0. The summed E-state index contributed by atoms with van der Waals surface area (Å²) in [4.78, 5) is 28.2. The third kappa shape index (κ3) is 5.12. The van der Waals surface area contributed by atoms with Crippen LogP contribution in [0.25, 0.3) is 0 Å². The minimum Gasteiger partial charge on any atom is -0.458 e. The number of aliphatic hydroxyl groups excluding tert-OH is 1. The van der Waals surface area contributed by atoms with Gasteiger partial charge in [-0.05, 0) is 116 Å². The lowest BCUT2D eigenvalue weighted by atomic mass is 9.48. The summed E-state index contributed by atoms with van der Waals surface area (Å²) >= 11 is 0. The van der Waals surface area contributed by atoms with Crippen molar-refractivity contribution in [3.05, 3.63) is 52.6 Å². The molecule has 0 amide bonds. The van der Waals surface area contributed by atoms with E-state index < -0.39 is 16.8 Å². The second-order valence-corrected chi connectivity index (χ2v) is 13.4. The highest BCUT2D eigenvalue weighted by Crippen LogP contribution is 2.69. The fourth-order valence-corrected chi connectivity index (χ4v) is 9.36. The van der Waals surface area contributed by atoms with Crippen LogP contribution < -0.4 is 4.90 Å². The third-order valence-corrected chi connectivity index (χ3v) is 11.4. The number of piperidine rings is 1. The van der Waals surface area contributed by atoms with Crippen LogP contribution in [0.15, 0.2) is 52.2 Å². The third-order valence-electron chi connectivity index (χ3n) is 11.4. The van der Waals surface area contributed by atoms with Crippen molar-refractivity contribution in [1.82, 2.24) is 0 Å². The van der Waals surface area contributed by atoms with Crippen molar-refractivity contribution in [2.75, 3.05) is 31.2 Å². The molecule has 7 nitrogen and oxygen atoms in total. The summed E-state index contributed by atoms with van der Waals surface area (Å²) in [7, 11) is 0. The summed E-state index contributed by atoms with van der Waals surface area (Å²) in [6, 6.07) is 9.12. The molecule has 4 aliphatic carbocycles. The summed E-state index contributed by atoms with van der Waals surface area (Å²) in [6.45, 7) is 5.15. The quantitative estimate of drug-likeness (QED) is 0.192. The van der Waals surface area contributed by atoms with Crippen LogP contribution in [0, 0.1) is 34.5 Å². The van der Waals surface area contributed by atoms with Crippen LogP contribution >= 0.6 is 0 Å². The lowest BCUT2D eigenvalue weighted by Crippen LogP contribution is -2.51. The van der Waals surface area contributed by atoms with Gasteiger partial charge in [0.25, 0.3) is 0 Å². The van der Waals surface area contributed by atoms with Gasteiger partial charge < -0.3 is 20.0 Å². The van der Waals surface area contributed by atoms with E-state index in [0.29, 0.717) is 12.3 Å². The molecule has 5 atom stereocenters. The molecule has 1 aromatic rings. The van der Waals surface area contributed by atoms with Crippen LogP contribution in [-0.4, -0.2) is 54.1 Å². The molecule has 0 aromatic heterocycles. The molecule has 1 heterocycles. The van der Waals surface area contributed by atoms with Crippen molar-refractivity contribution in [2.24, 2.45) is 27.8 Å². The monoisotopic (exact) mass is 584 g/mol. The molecule has 228 valence electrons. The van der Waals surface area contributed by atoms with E-state index in [1.54, 1.807) is 0 Å². The Kier molecular flexibility index (Phi) is 8.26. The molecule has 7 heteroatoms. The number of allylic oxidation sites excluding steroid dienone is 4. The number of oxime groups is 1. The highest BCUT2D eigenvalue weighted by Gasteiger charge is 2.65. The fourth-order valence-electron chi connectivity index (χ4n) is 9.36. The lowest BCUT2D eigenvalue weighted by Gasteiger charge is -2.54. The number of fused-ring (bicyclic) bond motifs is 4. The zero-order valence-corrected chi connectivity index (χ0v) is 25.5. The second kappa shape index (κ2) is 12.0. The number of carbonyl (C=O) groups excluding carboxylic acids is 2. The molecule has 2 saturated carbocycles. The van der Waals surface area contributed by atoms with Crippen LogP contribution in [0.2, 0.25) is 0 Å². The molecule has 5 aliphatic rings. The zero-order valence-electron chi connectivity index (χ0n) is 25.5. The SMILES string of the molecule is CC(=O)OCC(=O)[C@@]1(C#CCO)CC[C@H]2[C@@H]3CCC4=CC(=NO)CCC4=C3[C@@H](c3ccc(N4CCCCC4)cc3)C[C@@]21C. The van der Waals surface area contributed by atoms with Gasteiger partial charge in [-0.3, -0.25) is 9.59 Å². The van der Waals surface area contributed by atoms with Gasteiger partial charge >= 0.3 is 5.97 Å². The molecular weight excluding hydrogens is 540 g/mol. The van der Waals surface area contributed by atoms with E-state index in [1.165, 1.54) is 54.2 Å². The van der Waals surface area contributed by atoms with Crippen molar-refractivity contribution in [3.8, 4) is 11.8 Å². The number of esters is 1. The van der Waals surface area contributed by atoms with E-state index in [-0.39, 0.29) is 30.8 Å². The minimum absolute atomic E-state index is 0.114. The van der Waals surface area contributed by atoms with Crippen molar-refractivity contribution in [2.45, 2.75) is 84.0 Å². The Morgan fingerprint density at radius 3 is 2.56 bits per heavy atom.